The molecule has 0 fully saturated rings. The van der Waals surface area contributed by atoms with E-state index in [4.69, 9.17) is 11.6 Å². The highest BCUT2D eigenvalue weighted by atomic mass is 79.9. The average molecular weight is 250 g/mol. The van der Waals surface area contributed by atoms with Gasteiger partial charge in [0, 0.05) is 4.47 Å². The monoisotopic (exact) mass is 248 g/mol. The van der Waals surface area contributed by atoms with Gasteiger partial charge in [-0.1, -0.05) is 25.4 Å². The molecule has 0 spiro atoms. The number of benzene rings is 1. The van der Waals surface area contributed by atoms with Crippen molar-refractivity contribution in [1.82, 2.24) is 0 Å². The number of hydrogen-bond acceptors (Lipinski definition) is 1. The number of hydrogen-bond donors (Lipinski definition) is 1. The zero-order valence-corrected chi connectivity index (χ0v) is 9.28. The largest absolute Gasteiger partial charge is 0.508 e. The Hall–Kier alpha value is -0.210. The number of aromatic hydroxyl groups is 1. The van der Waals surface area contributed by atoms with Crippen LogP contribution >= 0.6 is 27.5 Å². The minimum Gasteiger partial charge on any atom is -0.508 e. The maximum absolute atomic E-state index is 9.48. The van der Waals surface area contributed by atoms with Crippen LogP contribution in [-0.2, 0) is 0 Å². The van der Waals surface area contributed by atoms with Crippen molar-refractivity contribution in [3.05, 3.63) is 27.2 Å². The Labute approximate surface area is 85.5 Å². The molecule has 1 aromatic rings. The van der Waals surface area contributed by atoms with E-state index < -0.39 is 0 Å². The van der Waals surface area contributed by atoms with E-state index >= 15 is 0 Å². The summed E-state index contributed by atoms with van der Waals surface area (Å²) in [6, 6.07) is 3.41. The third-order valence-electron chi connectivity index (χ3n) is 1.69. The predicted octanol–water partition coefficient (Wildman–Crippen LogP) is 3.93. The molecule has 1 N–H and O–H groups in total. The van der Waals surface area contributed by atoms with Crippen molar-refractivity contribution < 1.29 is 5.11 Å². The third kappa shape index (κ3) is 1.93. The summed E-state index contributed by atoms with van der Waals surface area (Å²) in [5.41, 5.74) is 0.909. The van der Waals surface area contributed by atoms with E-state index in [9.17, 15) is 5.11 Å². The van der Waals surface area contributed by atoms with Crippen molar-refractivity contribution in [2.45, 2.75) is 19.8 Å². The fourth-order valence-electron chi connectivity index (χ4n) is 1.01. The van der Waals surface area contributed by atoms with Crippen molar-refractivity contribution >= 4 is 27.5 Å². The standard InChI is InChI=1S/C9H10BrClO/c1-5(2)6-3-7(10)8(11)4-9(6)12/h3-5,12H,1-2H3. The zero-order valence-electron chi connectivity index (χ0n) is 6.94. The fraction of sp³-hybridized carbons (Fsp3) is 0.333. The van der Waals surface area contributed by atoms with Gasteiger partial charge in [-0.25, -0.2) is 0 Å². The lowest BCUT2D eigenvalue weighted by Crippen LogP contribution is -1.88. The van der Waals surface area contributed by atoms with E-state index in [1.807, 2.05) is 19.9 Å². The Morgan fingerprint density at radius 3 is 2.50 bits per heavy atom. The topological polar surface area (TPSA) is 20.2 Å². The van der Waals surface area contributed by atoms with E-state index in [1.165, 1.54) is 0 Å². The maximum atomic E-state index is 9.48. The highest BCUT2D eigenvalue weighted by Crippen LogP contribution is 2.33. The van der Waals surface area contributed by atoms with Gasteiger partial charge in [-0.2, -0.15) is 0 Å². The second-order valence-electron chi connectivity index (χ2n) is 2.98. The second kappa shape index (κ2) is 3.67. The van der Waals surface area contributed by atoms with Gasteiger partial charge in [-0.15, -0.1) is 0 Å². The zero-order chi connectivity index (χ0) is 9.30. The summed E-state index contributed by atoms with van der Waals surface area (Å²) < 4.78 is 0.825. The van der Waals surface area contributed by atoms with E-state index in [0.717, 1.165) is 10.0 Å². The highest BCUT2D eigenvalue weighted by Gasteiger charge is 2.08. The van der Waals surface area contributed by atoms with Gasteiger partial charge in [-0.3, -0.25) is 0 Å². The maximum Gasteiger partial charge on any atom is 0.120 e. The first-order chi connectivity index (χ1) is 5.52. The highest BCUT2D eigenvalue weighted by molar-refractivity contribution is 9.10. The van der Waals surface area contributed by atoms with Crippen LogP contribution in [0.4, 0.5) is 0 Å². The molecule has 1 nitrogen and oxygen atoms in total. The summed E-state index contributed by atoms with van der Waals surface area (Å²) >= 11 is 9.09. The summed E-state index contributed by atoms with van der Waals surface area (Å²) in [4.78, 5) is 0. The molecule has 0 radical (unpaired) electrons. The summed E-state index contributed by atoms with van der Waals surface area (Å²) in [6.07, 6.45) is 0. The number of halogens is 2. The molecular formula is C9H10BrClO. The van der Waals surface area contributed by atoms with Crippen molar-refractivity contribution in [3.63, 3.8) is 0 Å². The Bertz CT molecular complexity index is 297. The average Bonchev–Trinajstić information content (AvgIpc) is 1.96. The SMILES string of the molecule is CC(C)c1cc(Br)c(Cl)cc1O. The lowest BCUT2D eigenvalue weighted by Gasteiger charge is -2.09. The van der Waals surface area contributed by atoms with Gasteiger partial charge in [0.1, 0.15) is 5.75 Å². The van der Waals surface area contributed by atoms with Gasteiger partial charge in [0.05, 0.1) is 5.02 Å². The Balaban J connectivity index is 3.23. The Morgan fingerprint density at radius 1 is 1.42 bits per heavy atom. The third-order valence-corrected chi connectivity index (χ3v) is 2.89. The molecule has 3 heteroatoms. The molecule has 0 aliphatic carbocycles. The number of phenolic OH excluding ortho intramolecular Hbond substituents is 1. The van der Waals surface area contributed by atoms with Crippen LogP contribution in [0.25, 0.3) is 0 Å². The fourth-order valence-corrected chi connectivity index (χ4v) is 1.53. The molecule has 1 rings (SSSR count). The summed E-state index contributed by atoms with van der Waals surface area (Å²) in [5, 5.41) is 10.0. The summed E-state index contributed by atoms with van der Waals surface area (Å²) in [6.45, 7) is 4.05. The second-order valence-corrected chi connectivity index (χ2v) is 4.24. The molecule has 0 unspecified atom stereocenters. The quantitative estimate of drug-likeness (QED) is 0.799. The van der Waals surface area contributed by atoms with E-state index in [-0.39, 0.29) is 5.75 Å². The van der Waals surface area contributed by atoms with Crippen molar-refractivity contribution in [3.8, 4) is 5.75 Å². The first kappa shape index (κ1) is 9.87. The summed E-state index contributed by atoms with van der Waals surface area (Å²) in [7, 11) is 0. The molecule has 12 heavy (non-hydrogen) atoms. The Kier molecular flexibility index (Phi) is 3.02. The van der Waals surface area contributed by atoms with Crippen molar-refractivity contribution in [1.29, 1.82) is 0 Å². The van der Waals surface area contributed by atoms with Gasteiger partial charge in [0.2, 0.25) is 0 Å². The van der Waals surface area contributed by atoms with Gasteiger partial charge in [-0.05, 0) is 39.5 Å². The molecule has 0 aliphatic heterocycles. The lowest BCUT2D eigenvalue weighted by atomic mass is 10.0. The van der Waals surface area contributed by atoms with Crippen LogP contribution in [0.3, 0.4) is 0 Å². The minimum absolute atomic E-state index is 0.262. The van der Waals surface area contributed by atoms with Crippen LogP contribution < -0.4 is 0 Å². The molecule has 0 heterocycles. The van der Waals surface area contributed by atoms with Crippen molar-refractivity contribution in [2.24, 2.45) is 0 Å². The van der Waals surface area contributed by atoms with E-state index in [0.29, 0.717) is 10.9 Å². The van der Waals surface area contributed by atoms with Crippen molar-refractivity contribution in [2.75, 3.05) is 0 Å². The van der Waals surface area contributed by atoms with Gasteiger partial charge in [0.25, 0.3) is 0 Å². The van der Waals surface area contributed by atoms with Crippen LogP contribution in [0.5, 0.6) is 5.75 Å². The molecule has 0 saturated heterocycles. The van der Waals surface area contributed by atoms with Crippen LogP contribution in [0.15, 0.2) is 16.6 Å². The molecule has 0 amide bonds. The van der Waals surface area contributed by atoms with E-state index in [2.05, 4.69) is 15.9 Å². The molecule has 0 aromatic heterocycles. The molecule has 0 bridgehead atoms. The van der Waals surface area contributed by atoms with Gasteiger partial charge in [0.15, 0.2) is 0 Å². The molecule has 0 aliphatic rings. The Morgan fingerprint density at radius 2 is 2.00 bits per heavy atom. The first-order valence-electron chi connectivity index (χ1n) is 3.70. The van der Waals surface area contributed by atoms with Gasteiger partial charge < -0.3 is 5.11 Å². The molecular weight excluding hydrogens is 239 g/mol. The van der Waals surface area contributed by atoms with Crippen LogP contribution in [-0.4, -0.2) is 5.11 Å². The molecule has 0 saturated carbocycles. The number of phenols is 1. The van der Waals surface area contributed by atoms with Crippen LogP contribution in [0.2, 0.25) is 5.02 Å². The minimum atomic E-state index is 0.262. The van der Waals surface area contributed by atoms with Crippen LogP contribution in [0.1, 0.15) is 25.3 Å². The molecule has 0 atom stereocenters. The van der Waals surface area contributed by atoms with Crippen LogP contribution in [0, 0.1) is 0 Å². The predicted molar refractivity (Wildman–Crippen MR) is 54.9 cm³/mol. The normalized spacial score (nSPS) is 10.8. The van der Waals surface area contributed by atoms with E-state index in [1.54, 1.807) is 6.07 Å². The smallest absolute Gasteiger partial charge is 0.120 e. The number of rotatable bonds is 1. The summed E-state index contributed by atoms with van der Waals surface area (Å²) in [5.74, 6) is 0.566. The first-order valence-corrected chi connectivity index (χ1v) is 4.87. The molecule has 1 aromatic carbocycles. The van der Waals surface area contributed by atoms with Gasteiger partial charge >= 0.3 is 0 Å². The molecule has 66 valence electrons. The lowest BCUT2D eigenvalue weighted by molar-refractivity contribution is 0.465.